The quantitative estimate of drug-likeness (QED) is 0.644. The maximum Gasteiger partial charge on any atom is 0.124 e. The average molecular weight is 324 g/mol. The Morgan fingerprint density at radius 2 is 1.48 bits per heavy atom. The molecule has 2 nitrogen and oxygen atoms in total. The molecular formula is C20H18ClNO. The molecule has 1 N–H and O–H groups in total. The summed E-state index contributed by atoms with van der Waals surface area (Å²) in [5.41, 5.74) is 3.18. The van der Waals surface area contributed by atoms with Crippen LogP contribution >= 0.6 is 11.6 Å². The first kappa shape index (κ1) is 15.4. The molecule has 116 valence electrons. The second-order valence-corrected chi connectivity index (χ2v) is 5.62. The topological polar surface area (TPSA) is 21.3 Å². The van der Waals surface area contributed by atoms with E-state index in [2.05, 4.69) is 23.5 Å². The number of rotatable bonds is 6. The Morgan fingerprint density at radius 1 is 0.783 bits per heavy atom. The van der Waals surface area contributed by atoms with Gasteiger partial charge < -0.3 is 10.1 Å². The van der Waals surface area contributed by atoms with Crippen molar-refractivity contribution < 1.29 is 4.74 Å². The van der Waals surface area contributed by atoms with Crippen molar-refractivity contribution in [2.45, 2.75) is 13.2 Å². The van der Waals surface area contributed by atoms with Crippen LogP contribution in [0.1, 0.15) is 11.1 Å². The standard InChI is InChI=1S/C20H18ClNO/c21-18-11-5-6-12-19(18)22-14-17-10-4-7-13-20(17)23-15-16-8-2-1-3-9-16/h1-13,22H,14-15H2. The zero-order chi connectivity index (χ0) is 15.9. The van der Waals surface area contributed by atoms with E-state index in [1.165, 1.54) is 0 Å². The fourth-order valence-corrected chi connectivity index (χ4v) is 2.52. The molecule has 0 saturated carbocycles. The van der Waals surface area contributed by atoms with Gasteiger partial charge in [-0.2, -0.15) is 0 Å². The molecule has 0 amide bonds. The van der Waals surface area contributed by atoms with Crippen LogP contribution in [0, 0.1) is 0 Å². The van der Waals surface area contributed by atoms with Crippen molar-refractivity contribution in [2.75, 3.05) is 5.32 Å². The van der Waals surface area contributed by atoms with E-state index in [-0.39, 0.29) is 0 Å². The van der Waals surface area contributed by atoms with E-state index in [4.69, 9.17) is 16.3 Å². The second kappa shape index (κ2) is 7.70. The Balaban J connectivity index is 1.67. The predicted octanol–water partition coefficient (Wildman–Crippen LogP) is 5.53. The van der Waals surface area contributed by atoms with Crippen molar-refractivity contribution in [3.8, 4) is 5.75 Å². The van der Waals surface area contributed by atoms with Gasteiger partial charge in [-0.1, -0.05) is 72.3 Å². The number of ether oxygens (including phenoxy) is 1. The number of para-hydroxylation sites is 2. The third-order valence-electron chi connectivity index (χ3n) is 3.55. The summed E-state index contributed by atoms with van der Waals surface area (Å²) in [4.78, 5) is 0. The zero-order valence-electron chi connectivity index (χ0n) is 12.7. The molecule has 0 unspecified atom stereocenters. The van der Waals surface area contributed by atoms with Gasteiger partial charge in [0.25, 0.3) is 0 Å². The van der Waals surface area contributed by atoms with Gasteiger partial charge in [-0.15, -0.1) is 0 Å². The summed E-state index contributed by atoms with van der Waals surface area (Å²) in [6.07, 6.45) is 0. The fraction of sp³-hybridized carbons (Fsp3) is 0.100. The molecule has 0 radical (unpaired) electrons. The molecule has 0 spiro atoms. The summed E-state index contributed by atoms with van der Waals surface area (Å²) in [6.45, 7) is 1.22. The molecule has 3 heteroatoms. The summed E-state index contributed by atoms with van der Waals surface area (Å²) in [5.74, 6) is 0.885. The maximum absolute atomic E-state index is 6.18. The van der Waals surface area contributed by atoms with Gasteiger partial charge in [0.1, 0.15) is 12.4 Å². The third kappa shape index (κ3) is 4.27. The molecule has 0 bridgehead atoms. The highest BCUT2D eigenvalue weighted by molar-refractivity contribution is 6.33. The lowest BCUT2D eigenvalue weighted by Crippen LogP contribution is -2.04. The van der Waals surface area contributed by atoms with Crippen LogP contribution in [-0.2, 0) is 13.2 Å². The molecule has 0 aromatic heterocycles. The van der Waals surface area contributed by atoms with Crippen LogP contribution in [0.25, 0.3) is 0 Å². The average Bonchev–Trinajstić information content (AvgIpc) is 2.61. The van der Waals surface area contributed by atoms with Gasteiger partial charge in [0.05, 0.1) is 10.7 Å². The molecule has 0 heterocycles. The molecule has 0 atom stereocenters. The van der Waals surface area contributed by atoms with Crippen molar-refractivity contribution in [3.63, 3.8) is 0 Å². The van der Waals surface area contributed by atoms with Gasteiger partial charge in [0.2, 0.25) is 0 Å². The van der Waals surface area contributed by atoms with E-state index >= 15 is 0 Å². The van der Waals surface area contributed by atoms with Crippen LogP contribution in [0.4, 0.5) is 5.69 Å². The van der Waals surface area contributed by atoms with Crippen molar-refractivity contribution in [1.29, 1.82) is 0 Å². The summed E-state index contributed by atoms with van der Waals surface area (Å²) in [7, 11) is 0. The van der Waals surface area contributed by atoms with Crippen LogP contribution < -0.4 is 10.1 Å². The molecule has 3 aromatic rings. The van der Waals surface area contributed by atoms with Crippen LogP contribution in [0.3, 0.4) is 0 Å². The molecular weight excluding hydrogens is 306 g/mol. The number of halogens is 1. The highest BCUT2D eigenvalue weighted by atomic mass is 35.5. The summed E-state index contributed by atoms with van der Waals surface area (Å²) >= 11 is 6.18. The normalized spacial score (nSPS) is 10.3. The zero-order valence-corrected chi connectivity index (χ0v) is 13.5. The molecule has 3 aromatic carbocycles. The van der Waals surface area contributed by atoms with E-state index in [0.717, 1.165) is 27.6 Å². The van der Waals surface area contributed by atoms with Crippen LogP contribution in [0.15, 0.2) is 78.9 Å². The third-order valence-corrected chi connectivity index (χ3v) is 3.88. The van der Waals surface area contributed by atoms with Crippen LogP contribution in [-0.4, -0.2) is 0 Å². The summed E-state index contributed by atoms with van der Waals surface area (Å²) in [6, 6.07) is 25.9. The lowest BCUT2D eigenvalue weighted by Gasteiger charge is -2.13. The van der Waals surface area contributed by atoms with E-state index in [1.807, 2.05) is 60.7 Å². The monoisotopic (exact) mass is 323 g/mol. The Kier molecular flexibility index (Phi) is 5.17. The number of hydrogen-bond acceptors (Lipinski definition) is 2. The fourth-order valence-electron chi connectivity index (χ4n) is 2.32. The highest BCUT2D eigenvalue weighted by Gasteiger charge is 2.05. The van der Waals surface area contributed by atoms with Gasteiger partial charge in [0, 0.05) is 12.1 Å². The van der Waals surface area contributed by atoms with Crippen molar-refractivity contribution >= 4 is 17.3 Å². The van der Waals surface area contributed by atoms with E-state index in [9.17, 15) is 0 Å². The first-order chi connectivity index (χ1) is 11.3. The van der Waals surface area contributed by atoms with Crippen molar-refractivity contribution in [1.82, 2.24) is 0 Å². The van der Waals surface area contributed by atoms with E-state index in [0.29, 0.717) is 13.2 Å². The van der Waals surface area contributed by atoms with Crippen LogP contribution in [0.5, 0.6) is 5.75 Å². The lowest BCUT2D eigenvalue weighted by molar-refractivity contribution is 0.303. The Bertz CT molecular complexity index is 758. The van der Waals surface area contributed by atoms with E-state index < -0.39 is 0 Å². The first-order valence-corrected chi connectivity index (χ1v) is 7.94. The number of anilines is 1. The van der Waals surface area contributed by atoms with Crippen molar-refractivity contribution in [2.24, 2.45) is 0 Å². The molecule has 0 aliphatic heterocycles. The summed E-state index contributed by atoms with van der Waals surface area (Å²) < 4.78 is 5.97. The second-order valence-electron chi connectivity index (χ2n) is 5.22. The lowest BCUT2D eigenvalue weighted by atomic mass is 10.2. The van der Waals surface area contributed by atoms with Gasteiger partial charge in [0.15, 0.2) is 0 Å². The van der Waals surface area contributed by atoms with Crippen molar-refractivity contribution in [3.05, 3.63) is 95.0 Å². The molecule has 0 fully saturated rings. The minimum atomic E-state index is 0.559. The SMILES string of the molecule is Clc1ccccc1NCc1ccccc1OCc1ccccc1. The van der Waals surface area contributed by atoms with Gasteiger partial charge in [-0.05, 0) is 23.8 Å². The Labute approximate surface area is 141 Å². The largest absolute Gasteiger partial charge is 0.489 e. The van der Waals surface area contributed by atoms with E-state index in [1.54, 1.807) is 0 Å². The molecule has 3 rings (SSSR count). The molecule has 0 aliphatic rings. The number of hydrogen-bond donors (Lipinski definition) is 1. The molecule has 0 aliphatic carbocycles. The highest BCUT2D eigenvalue weighted by Crippen LogP contribution is 2.24. The first-order valence-electron chi connectivity index (χ1n) is 7.56. The predicted molar refractivity (Wildman–Crippen MR) is 96.0 cm³/mol. The number of nitrogens with one attached hydrogen (secondary N) is 1. The smallest absolute Gasteiger partial charge is 0.124 e. The van der Waals surface area contributed by atoms with Gasteiger partial charge in [-0.3, -0.25) is 0 Å². The molecule has 23 heavy (non-hydrogen) atoms. The Morgan fingerprint density at radius 3 is 2.30 bits per heavy atom. The minimum Gasteiger partial charge on any atom is -0.489 e. The van der Waals surface area contributed by atoms with Gasteiger partial charge >= 0.3 is 0 Å². The summed E-state index contributed by atoms with van der Waals surface area (Å²) in [5, 5.41) is 4.07. The minimum absolute atomic E-state index is 0.559. The molecule has 0 saturated heterocycles. The van der Waals surface area contributed by atoms with Gasteiger partial charge in [-0.25, -0.2) is 0 Å². The number of benzene rings is 3. The maximum atomic E-state index is 6.18. The Hall–Kier alpha value is -2.45. The van der Waals surface area contributed by atoms with Crippen LogP contribution in [0.2, 0.25) is 5.02 Å².